The molecule has 4 N–H and O–H groups in total. The molecule has 1 aliphatic heterocycles. The molecular formula is C24H27N5O5S. The molecule has 0 unspecified atom stereocenters. The summed E-state index contributed by atoms with van der Waals surface area (Å²) in [6.45, 7) is 5.46. The molecule has 0 saturated carbocycles. The first-order chi connectivity index (χ1) is 16.5. The number of aliphatic hydroxyl groups excluding tert-OH is 1. The van der Waals surface area contributed by atoms with E-state index in [9.17, 15) is 18.3 Å². The molecule has 3 heterocycles. The predicted molar refractivity (Wildman–Crippen MR) is 131 cm³/mol. The molecule has 0 bridgehead atoms. The zero-order chi connectivity index (χ0) is 25.4. The van der Waals surface area contributed by atoms with Gasteiger partial charge in [0.2, 0.25) is 0 Å². The lowest BCUT2D eigenvalue weighted by atomic mass is 10.0. The van der Waals surface area contributed by atoms with Crippen molar-refractivity contribution in [2.24, 2.45) is 10.1 Å². The SMILES string of the molecule is Cc1ccn(-c2cc(C(=O)NC(C)(C)COc3cccc4c3C(N)=NS(=O)(=O)C4)ccn2)c1CO. The number of carbonyl (C=O) groups excluding carboxylic acids is 1. The number of rotatable bonds is 7. The van der Waals surface area contributed by atoms with Gasteiger partial charge in [0.05, 0.1) is 29.2 Å². The van der Waals surface area contributed by atoms with E-state index in [-0.39, 0.29) is 30.7 Å². The molecule has 0 aliphatic carbocycles. The van der Waals surface area contributed by atoms with Gasteiger partial charge in [-0.25, -0.2) is 13.4 Å². The maximum Gasteiger partial charge on any atom is 0.259 e. The summed E-state index contributed by atoms with van der Waals surface area (Å²) >= 11 is 0. The minimum atomic E-state index is -3.65. The molecule has 0 atom stereocenters. The molecule has 35 heavy (non-hydrogen) atoms. The minimum absolute atomic E-state index is 0.0959. The van der Waals surface area contributed by atoms with Crippen molar-refractivity contribution in [2.45, 2.75) is 38.7 Å². The molecule has 3 aromatic rings. The first kappa shape index (κ1) is 24.4. The molecule has 0 saturated heterocycles. The minimum Gasteiger partial charge on any atom is -0.490 e. The molecule has 2 aromatic heterocycles. The number of ether oxygens (including phenoxy) is 1. The van der Waals surface area contributed by atoms with Crippen molar-refractivity contribution in [3.8, 4) is 11.6 Å². The number of sulfonamides is 1. The van der Waals surface area contributed by atoms with Crippen LogP contribution in [0.2, 0.25) is 0 Å². The van der Waals surface area contributed by atoms with Crippen LogP contribution in [0.1, 0.15) is 46.6 Å². The fourth-order valence-electron chi connectivity index (χ4n) is 3.88. The molecule has 10 nitrogen and oxygen atoms in total. The molecule has 184 valence electrons. The van der Waals surface area contributed by atoms with Crippen LogP contribution in [-0.2, 0) is 22.4 Å². The Morgan fingerprint density at radius 3 is 2.80 bits per heavy atom. The second-order valence-electron chi connectivity index (χ2n) is 9.00. The molecule has 0 fully saturated rings. The van der Waals surface area contributed by atoms with E-state index in [2.05, 4.69) is 14.7 Å². The van der Waals surface area contributed by atoms with Crippen LogP contribution >= 0.6 is 0 Å². The number of aliphatic hydroxyl groups is 1. The van der Waals surface area contributed by atoms with Gasteiger partial charge >= 0.3 is 0 Å². The van der Waals surface area contributed by atoms with Gasteiger partial charge in [-0.05, 0) is 56.2 Å². The molecule has 0 spiro atoms. The molecule has 11 heteroatoms. The molecule has 0 radical (unpaired) electrons. The second-order valence-corrected chi connectivity index (χ2v) is 10.6. The van der Waals surface area contributed by atoms with Gasteiger partial charge in [0.1, 0.15) is 24.0 Å². The monoisotopic (exact) mass is 497 g/mol. The van der Waals surface area contributed by atoms with E-state index in [1.165, 1.54) is 6.20 Å². The van der Waals surface area contributed by atoms with Crippen LogP contribution in [0.3, 0.4) is 0 Å². The summed E-state index contributed by atoms with van der Waals surface area (Å²) in [4.78, 5) is 17.3. The van der Waals surface area contributed by atoms with Gasteiger partial charge in [0, 0.05) is 18.0 Å². The number of aryl methyl sites for hydroxylation is 1. The summed E-state index contributed by atoms with van der Waals surface area (Å²) < 4.78 is 35.1. The number of fused-ring (bicyclic) bond motifs is 1. The number of aromatic nitrogens is 2. The van der Waals surface area contributed by atoms with Crippen LogP contribution in [0, 0.1) is 6.92 Å². The number of nitrogens with zero attached hydrogens (tertiary/aromatic N) is 3. The van der Waals surface area contributed by atoms with Crippen molar-refractivity contribution in [3.05, 3.63) is 76.7 Å². The summed E-state index contributed by atoms with van der Waals surface area (Å²) in [5.74, 6) is 0.231. The summed E-state index contributed by atoms with van der Waals surface area (Å²) in [7, 11) is -3.65. The average Bonchev–Trinajstić information content (AvgIpc) is 3.16. The largest absolute Gasteiger partial charge is 0.490 e. The lowest BCUT2D eigenvalue weighted by molar-refractivity contribution is 0.0880. The summed E-state index contributed by atoms with van der Waals surface area (Å²) in [5.41, 5.74) is 8.11. The standard InChI is InChI=1S/C24H27N5O5S/c1-15-8-10-29(18(15)12-30)20-11-16(7-9-26-20)23(31)27-24(2,3)14-34-19-6-4-5-17-13-35(32,33)28-22(25)21(17)19/h4-11,30H,12-14H2,1-3H3,(H2,25,28)(H,27,31). The third-order valence-electron chi connectivity index (χ3n) is 5.61. The maximum absolute atomic E-state index is 13.0. The Balaban J connectivity index is 1.49. The Labute approximate surface area is 203 Å². The normalized spacial score (nSPS) is 14.7. The zero-order valence-electron chi connectivity index (χ0n) is 19.6. The highest BCUT2D eigenvalue weighted by Crippen LogP contribution is 2.28. The lowest BCUT2D eigenvalue weighted by Crippen LogP contribution is -2.48. The van der Waals surface area contributed by atoms with Gasteiger partial charge in [-0.1, -0.05) is 12.1 Å². The van der Waals surface area contributed by atoms with Crippen LogP contribution in [0.25, 0.3) is 5.82 Å². The van der Waals surface area contributed by atoms with E-state index in [1.54, 1.807) is 41.1 Å². The summed E-state index contributed by atoms with van der Waals surface area (Å²) in [6, 6.07) is 10.2. The predicted octanol–water partition coefficient (Wildman–Crippen LogP) is 1.81. The first-order valence-corrected chi connectivity index (χ1v) is 12.5. The number of nitrogens with two attached hydrogens (primary N) is 1. The number of amides is 1. The van der Waals surface area contributed by atoms with Gasteiger partial charge < -0.3 is 25.5 Å². The van der Waals surface area contributed by atoms with Crippen molar-refractivity contribution >= 4 is 21.8 Å². The molecule has 1 aromatic carbocycles. The smallest absolute Gasteiger partial charge is 0.259 e. The fraction of sp³-hybridized carbons (Fsp3) is 0.292. The summed E-state index contributed by atoms with van der Waals surface area (Å²) in [5, 5.41) is 12.6. The maximum atomic E-state index is 13.0. The van der Waals surface area contributed by atoms with Crippen molar-refractivity contribution in [1.82, 2.24) is 14.9 Å². The number of pyridine rings is 1. The van der Waals surface area contributed by atoms with Gasteiger partial charge in [0.15, 0.2) is 0 Å². The Morgan fingerprint density at radius 1 is 1.29 bits per heavy atom. The average molecular weight is 498 g/mol. The Kier molecular flexibility index (Phi) is 6.39. The molecule has 4 rings (SSSR count). The van der Waals surface area contributed by atoms with Crippen molar-refractivity contribution in [1.29, 1.82) is 0 Å². The van der Waals surface area contributed by atoms with E-state index in [4.69, 9.17) is 10.5 Å². The number of hydrogen-bond donors (Lipinski definition) is 3. The van der Waals surface area contributed by atoms with Crippen LogP contribution < -0.4 is 15.8 Å². The highest BCUT2D eigenvalue weighted by molar-refractivity contribution is 7.89. The topological polar surface area (TPSA) is 149 Å². The van der Waals surface area contributed by atoms with Crippen molar-refractivity contribution in [3.63, 3.8) is 0 Å². The number of amidine groups is 1. The van der Waals surface area contributed by atoms with E-state index in [0.29, 0.717) is 34.0 Å². The van der Waals surface area contributed by atoms with Gasteiger partial charge in [0.25, 0.3) is 15.9 Å². The molecule has 1 aliphatic rings. The number of hydrogen-bond acceptors (Lipinski definition) is 7. The van der Waals surface area contributed by atoms with Gasteiger partial charge in [-0.2, -0.15) is 0 Å². The lowest BCUT2D eigenvalue weighted by Gasteiger charge is -2.27. The van der Waals surface area contributed by atoms with Crippen LogP contribution in [0.5, 0.6) is 5.75 Å². The highest BCUT2D eigenvalue weighted by atomic mass is 32.2. The second kappa shape index (κ2) is 9.16. The number of benzene rings is 1. The quantitative estimate of drug-likeness (QED) is 0.451. The third kappa shape index (κ3) is 5.20. The highest BCUT2D eigenvalue weighted by Gasteiger charge is 2.27. The fourth-order valence-corrected chi connectivity index (χ4v) is 4.96. The first-order valence-electron chi connectivity index (χ1n) is 10.9. The Hall–Kier alpha value is -3.70. The van der Waals surface area contributed by atoms with E-state index in [0.717, 1.165) is 5.56 Å². The molecule has 1 amide bonds. The van der Waals surface area contributed by atoms with Crippen LogP contribution in [-0.4, -0.2) is 47.0 Å². The number of carbonyl (C=O) groups is 1. The van der Waals surface area contributed by atoms with Gasteiger partial charge in [-0.15, -0.1) is 4.40 Å². The number of nitrogens with one attached hydrogen (secondary N) is 1. The zero-order valence-corrected chi connectivity index (χ0v) is 20.5. The van der Waals surface area contributed by atoms with Crippen molar-refractivity contribution in [2.75, 3.05) is 6.61 Å². The van der Waals surface area contributed by atoms with Gasteiger partial charge in [-0.3, -0.25) is 4.79 Å². The van der Waals surface area contributed by atoms with E-state index >= 15 is 0 Å². The Bertz CT molecular complexity index is 1430. The van der Waals surface area contributed by atoms with Crippen LogP contribution in [0.15, 0.2) is 53.2 Å². The third-order valence-corrected chi connectivity index (χ3v) is 6.76. The summed E-state index contributed by atoms with van der Waals surface area (Å²) in [6.07, 6.45) is 3.33. The van der Waals surface area contributed by atoms with Crippen LogP contribution in [0.4, 0.5) is 0 Å². The van der Waals surface area contributed by atoms with E-state index in [1.807, 2.05) is 26.8 Å². The Morgan fingerprint density at radius 2 is 2.06 bits per heavy atom. The van der Waals surface area contributed by atoms with Crippen molar-refractivity contribution < 1.29 is 23.1 Å². The molecular weight excluding hydrogens is 470 g/mol. The van der Waals surface area contributed by atoms with E-state index < -0.39 is 15.6 Å².